The molecule has 3 nitrogen and oxygen atoms in total. The van der Waals surface area contributed by atoms with Gasteiger partial charge in [-0.2, -0.15) is 0 Å². The molecule has 2 aromatic rings. The largest absolute Gasteiger partial charge is 0.483 e. The Hall–Kier alpha value is -1.45. The van der Waals surface area contributed by atoms with Crippen molar-refractivity contribution in [2.24, 2.45) is 0 Å². The number of H-pyrrole nitrogens is 1. The molecule has 88 valence electrons. The highest BCUT2D eigenvalue weighted by Crippen LogP contribution is 2.21. The first-order valence-electron chi connectivity index (χ1n) is 4.91. The molecule has 1 aromatic heterocycles. The number of aromatic amines is 1. The molecule has 0 unspecified atom stereocenters. The monoisotopic (exact) mass is 269 g/mol. The molecular weight excluding hydrogens is 261 g/mol. The summed E-state index contributed by atoms with van der Waals surface area (Å²) in [6.07, 6.45) is 1.55. The van der Waals surface area contributed by atoms with Gasteiger partial charge in [-0.15, -0.1) is 0 Å². The van der Waals surface area contributed by atoms with Crippen LogP contribution < -0.4 is 10.3 Å². The Labute approximate surface area is 108 Å². The van der Waals surface area contributed by atoms with Gasteiger partial charge in [0.05, 0.1) is 0 Å². The number of hydrogen-bond donors (Lipinski definition) is 1. The van der Waals surface area contributed by atoms with Gasteiger partial charge in [-0.25, -0.2) is 0 Å². The third kappa shape index (κ3) is 3.02. The van der Waals surface area contributed by atoms with Crippen LogP contribution in [0.15, 0.2) is 41.3 Å². The van der Waals surface area contributed by atoms with Crippen LogP contribution in [0.4, 0.5) is 0 Å². The van der Waals surface area contributed by atoms with Crippen LogP contribution in [0.5, 0.6) is 5.75 Å². The van der Waals surface area contributed by atoms with E-state index < -0.39 is 0 Å². The lowest BCUT2D eigenvalue weighted by Gasteiger charge is -2.06. The molecule has 0 saturated carbocycles. The minimum absolute atomic E-state index is 0.225. The number of benzene rings is 1. The lowest BCUT2D eigenvalue weighted by molar-refractivity contribution is 0.302. The average molecular weight is 270 g/mol. The van der Waals surface area contributed by atoms with Crippen LogP contribution in [-0.4, -0.2) is 4.98 Å². The predicted octanol–water partition coefficient (Wildman–Crippen LogP) is 3.26. The van der Waals surface area contributed by atoms with Gasteiger partial charge in [-0.05, 0) is 24.3 Å². The molecule has 0 aliphatic carbocycles. The van der Waals surface area contributed by atoms with Crippen molar-refractivity contribution < 1.29 is 4.74 Å². The highest BCUT2D eigenvalue weighted by Gasteiger charge is 2.04. The zero-order chi connectivity index (χ0) is 12.3. The molecule has 1 heterocycles. The number of rotatable bonds is 3. The van der Waals surface area contributed by atoms with Crippen molar-refractivity contribution in [1.82, 2.24) is 4.98 Å². The van der Waals surface area contributed by atoms with Gasteiger partial charge in [0.15, 0.2) is 5.75 Å². The minimum atomic E-state index is -0.266. The average Bonchev–Trinajstić information content (AvgIpc) is 2.30. The van der Waals surface area contributed by atoms with Crippen molar-refractivity contribution in [3.8, 4) is 5.75 Å². The van der Waals surface area contributed by atoms with Crippen LogP contribution in [0.2, 0.25) is 10.0 Å². The summed E-state index contributed by atoms with van der Waals surface area (Å²) in [5.74, 6) is 0.263. The molecule has 0 aliphatic heterocycles. The van der Waals surface area contributed by atoms with Crippen molar-refractivity contribution in [2.45, 2.75) is 6.61 Å². The Morgan fingerprint density at radius 2 is 2.06 bits per heavy atom. The zero-order valence-electron chi connectivity index (χ0n) is 8.74. The fraction of sp³-hybridized carbons (Fsp3) is 0.0833. The van der Waals surface area contributed by atoms with Gasteiger partial charge in [-0.1, -0.05) is 29.3 Å². The summed E-state index contributed by atoms with van der Waals surface area (Å²) in [6, 6.07) is 8.42. The molecule has 0 fully saturated rings. The Balaban J connectivity index is 2.13. The van der Waals surface area contributed by atoms with E-state index in [0.717, 1.165) is 5.56 Å². The molecule has 0 aliphatic rings. The second kappa shape index (κ2) is 5.25. The quantitative estimate of drug-likeness (QED) is 0.930. The van der Waals surface area contributed by atoms with Crippen molar-refractivity contribution in [1.29, 1.82) is 0 Å². The van der Waals surface area contributed by atoms with Gasteiger partial charge >= 0.3 is 0 Å². The van der Waals surface area contributed by atoms with Crippen molar-refractivity contribution in [3.63, 3.8) is 0 Å². The fourth-order valence-corrected chi connectivity index (χ4v) is 1.78. The Bertz CT molecular complexity index is 581. The van der Waals surface area contributed by atoms with E-state index in [1.807, 2.05) is 0 Å². The summed E-state index contributed by atoms with van der Waals surface area (Å²) < 4.78 is 5.37. The van der Waals surface area contributed by atoms with Gasteiger partial charge in [0.25, 0.3) is 5.56 Å². The minimum Gasteiger partial charge on any atom is -0.483 e. The molecule has 17 heavy (non-hydrogen) atoms. The van der Waals surface area contributed by atoms with E-state index in [1.54, 1.807) is 36.5 Å². The number of ether oxygens (including phenoxy) is 1. The lowest BCUT2D eigenvalue weighted by Crippen LogP contribution is -2.09. The van der Waals surface area contributed by atoms with Crippen molar-refractivity contribution in [3.05, 3.63) is 62.5 Å². The smallest absolute Gasteiger partial charge is 0.290 e. The van der Waals surface area contributed by atoms with Gasteiger partial charge in [-0.3, -0.25) is 4.79 Å². The topological polar surface area (TPSA) is 42.1 Å². The number of nitrogens with one attached hydrogen (secondary N) is 1. The van der Waals surface area contributed by atoms with E-state index in [0.29, 0.717) is 10.0 Å². The standard InChI is InChI=1S/C12H9Cl2NO2/c13-9-4-3-8(10(14)6-9)7-17-11-2-1-5-15-12(11)16/h1-6H,7H2,(H,15,16). The Kier molecular flexibility index (Phi) is 3.71. The molecule has 0 radical (unpaired) electrons. The molecule has 1 N–H and O–H groups in total. The predicted molar refractivity (Wildman–Crippen MR) is 67.9 cm³/mol. The summed E-state index contributed by atoms with van der Waals surface area (Å²) >= 11 is 11.8. The normalized spacial score (nSPS) is 10.2. The van der Waals surface area contributed by atoms with Gasteiger partial charge in [0.1, 0.15) is 6.61 Å². The van der Waals surface area contributed by atoms with Crippen LogP contribution in [0, 0.1) is 0 Å². The highest BCUT2D eigenvalue weighted by molar-refractivity contribution is 6.35. The third-order valence-electron chi connectivity index (χ3n) is 2.18. The molecule has 1 aromatic carbocycles. The molecule has 0 atom stereocenters. The first-order chi connectivity index (χ1) is 8.16. The van der Waals surface area contributed by atoms with Crippen LogP contribution in [0.3, 0.4) is 0 Å². The Morgan fingerprint density at radius 1 is 1.24 bits per heavy atom. The van der Waals surface area contributed by atoms with E-state index in [-0.39, 0.29) is 17.9 Å². The number of halogens is 2. The van der Waals surface area contributed by atoms with Crippen LogP contribution >= 0.6 is 23.2 Å². The summed E-state index contributed by atoms with van der Waals surface area (Å²) in [5.41, 5.74) is 0.511. The van der Waals surface area contributed by atoms with Gasteiger partial charge in [0.2, 0.25) is 0 Å². The maximum absolute atomic E-state index is 11.3. The highest BCUT2D eigenvalue weighted by atomic mass is 35.5. The zero-order valence-corrected chi connectivity index (χ0v) is 10.3. The van der Waals surface area contributed by atoms with Crippen molar-refractivity contribution in [2.75, 3.05) is 0 Å². The van der Waals surface area contributed by atoms with E-state index in [4.69, 9.17) is 27.9 Å². The molecule has 0 amide bonds. The summed E-state index contributed by atoms with van der Waals surface area (Å²) in [4.78, 5) is 13.9. The SMILES string of the molecule is O=c1[nH]cccc1OCc1ccc(Cl)cc1Cl. The Morgan fingerprint density at radius 3 is 2.76 bits per heavy atom. The van der Waals surface area contributed by atoms with E-state index >= 15 is 0 Å². The van der Waals surface area contributed by atoms with E-state index in [1.165, 1.54) is 0 Å². The van der Waals surface area contributed by atoms with Gasteiger partial charge < -0.3 is 9.72 Å². The maximum atomic E-state index is 11.3. The third-order valence-corrected chi connectivity index (χ3v) is 2.77. The molecule has 0 bridgehead atoms. The molecule has 2 rings (SSSR count). The van der Waals surface area contributed by atoms with Crippen LogP contribution in [0.25, 0.3) is 0 Å². The second-order valence-electron chi connectivity index (χ2n) is 3.39. The first kappa shape index (κ1) is 12.0. The van der Waals surface area contributed by atoms with Crippen molar-refractivity contribution >= 4 is 23.2 Å². The summed E-state index contributed by atoms with van der Waals surface area (Å²) in [6.45, 7) is 0.225. The van der Waals surface area contributed by atoms with E-state index in [9.17, 15) is 4.79 Å². The maximum Gasteiger partial charge on any atom is 0.290 e. The molecule has 0 saturated heterocycles. The number of hydrogen-bond acceptors (Lipinski definition) is 2. The number of aromatic nitrogens is 1. The summed E-state index contributed by atoms with van der Waals surface area (Å²) in [5, 5.41) is 1.08. The first-order valence-corrected chi connectivity index (χ1v) is 5.67. The molecule has 5 heteroatoms. The number of pyridine rings is 1. The molecular formula is C12H9Cl2NO2. The molecule has 0 spiro atoms. The van der Waals surface area contributed by atoms with Crippen LogP contribution in [-0.2, 0) is 6.61 Å². The van der Waals surface area contributed by atoms with Gasteiger partial charge in [0, 0.05) is 21.8 Å². The van der Waals surface area contributed by atoms with E-state index in [2.05, 4.69) is 4.98 Å². The summed E-state index contributed by atoms with van der Waals surface area (Å²) in [7, 11) is 0. The fourth-order valence-electron chi connectivity index (χ4n) is 1.31. The second-order valence-corrected chi connectivity index (χ2v) is 4.23. The van der Waals surface area contributed by atoms with Crippen LogP contribution in [0.1, 0.15) is 5.56 Å². The lowest BCUT2D eigenvalue weighted by atomic mass is 10.2.